The van der Waals surface area contributed by atoms with E-state index in [1.54, 1.807) is 26.8 Å². The fourth-order valence-corrected chi connectivity index (χ4v) is 1.39. The molecular formula is C12H17NO4. The van der Waals surface area contributed by atoms with Gasteiger partial charge in [0.1, 0.15) is 5.60 Å². The van der Waals surface area contributed by atoms with Crippen molar-refractivity contribution in [1.82, 2.24) is 5.32 Å². The second-order valence-corrected chi connectivity index (χ2v) is 5.02. The first-order chi connectivity index (χ1) is 7.67. The lowest BCUT2D eigenvalue weighted by atomic mass is 9.89. The molecule has 1 aliphatic heterocycles. The van der Waals surface area contributed by atoms with Crippen molar-refractivity contribution >= 4 is 11.9 Å². The Morgan fingerprint density at radius 1 is 1.41 bits per heavy atom. The van der Waals surface area contributed by atoms with Crippen molar-refractivity contribution in [2.24, 2.45) is 0 Å². The number of rotatable bonds is 2. The minimum atomic E-state index is -1.45. The maximum Gasteiger partial charge on any atom is 0.337 e. The van der Waals surface area contributed by atoms with Crippen LogP contribution in [0.15, 0.2) is 23.9 Å². The Balaban J connectivity index is 3.01. The molecule has 17 heavy (non-hydrogen) atoms. The molecule has 1 unspecified atom stereocenters. The zero-order chi connectivity index (χ0) is 13.3. The number of hydrogen-bond acceptors (Lipinski definition) is 4. The summed E-state index contributed by atoms with van der Waals surface area (Å²) in [6.07, 6.45) is 4.52. The number of carboxylic acids is 1. The average Bonchev–Trinajstić information content (AvgIpc) is 2.15. The molecule has 5 nitrogen and oxygen atoms in total. The number of allylic oxidation sites excluding steroid dienone is 2. The van der Waals surface area contributed by atoms with E-state index in [0.717, 1.165) is 0 Å². The van der Waals surface area contributed by atoms with Crippen LogP contribution < -0.4 is 5.32 Å². The van der Waals surface area contributed by atoms with Crippen LogP contribution >= 0.6 is 0 Å². The van der Waals surface area contributed by atoms with Crippen LogP contribution in [0, 0.1) is 0 Å². The van der Waals surface area contributed by atoms with Crippen LogP contribution in [-0.4, -0.2) is 28.2 Å². The molecule has 1 rings (SSSR count). The maximum absolute atomic E-state index is 11.9. The third kappa shape index (κ3) is 2.87. The van der Waals surface area contributed by atoms with Crippen LogP contribution in [0.4, 0.5) is 0 Å². The number of aliphatic carboxylic acids is 1. The van der Waals surface area contributed by atoms with Crippen LogP contribution in [0.5, 0.6) is 0 Å². The fraction of sp³-hybridized carbons (Fsp3) is 0.500. The molecule has 0 spiro atoms. The number of nitrogens with one attached hydrogen (secondary N) is 1. The quantitative estimate of drug-likeness (QED) is 0.708. The molecule has 0 radical (unpaired) electrons. The minimum absolute atomic E-state index is 0.0856. The predicted octanol–water partition coefficient (Wildman–Crippen LogP) is 1.21. The first-order valence-corrected chi connectivity index (χ1v) is 5.28. The van der Waals surface area contributed by atoms with E-state index in [1.807, 2.05) is 0 Å². The summed E-state index contributed by atoms with van der Waals surface area (Å²) in [7, 11) is 0. The summed E-state index contributed by atoms with van der Waals surface area (Å²) in [6, 6.07) is 0. The van der Waals surface area contributed by atoms with Gasteiger partial charge in [-0.25, -0.2) is 9.59 Å². The summed E-state index contributed by atoms with van der Waals surface area (Å²) < 4.78 is 5.18. The number of carbonyl (C=O) groups excluding carboxylic acids is 1. The van der Waals surface area contributed by atoms with Gasteiger partial charge in [-0.15, -0.1) is 0 Å². The Hall–Kier alpha value is -1.78. The number of esters is 1. The Morgan fingerprint density at radius 3 is 2.47 bits per heavy atom. The van der Waals surface area contributed by atoms with Gasteiger partial charge in [0.15, 0.2) is 5.54 Å². The van der Waals surface area contributed by atoms with E-state index in [4.69, 9.17) is 4.74 Å². The highest BCUT2D eigenvalue weighted by atomic mass is 16.6. The minimum Gasteiger partial charge on any atom is -0.479 e. The molecule has 0 aromatic carbocycles. The topological polar surface area (TPSA) is 75.6 Å². The summed E-state index contributed by atoms with van der Waals surface area (Å²) in [6.45, 7) is 6.62. The van der Waals surface area contributed by atoms with Crippen molar-refractivity contribution in [1.29, 1.82) is 0 Å². The molecule has 0 aliphatic carbocycles. The third-order valence-electron chi connectivity index (χ3n) is 2.32. The molecule has 0 aromatic rings. The molecule has 0 aromatic heterocycles. The molecule has 1 aliphatic rings. The maximum atomic E-state index is 11.9. The Kier molecular flexibility index (Phi) is 3.31. The van der Waals surface area contributed by atoms with Crippen molar-refractivity contribution in [3.63, 3.8) is 0 Å². The smallest absolute Gasteiger partial charge is 0.337 e. The Labute approximate surface area is 100 Å². The van der Waals surface area contributed by atoms with Crippen molar-refractivity contribution in [3.05, 3.63) is 23.9 Å². The lowest BCUT2D eigenvalue weighted by Crippen LogP contribution is -2.52. The van der Waals surface area contributed by atoms with Crippen LogP contribution in [0.2, 0.25) is 0 Å². The molecule has 0 saturated heterocycles. The van der Waals surface area contributed by atoms with E-state index < -0.39 is 23.1 Å². The van der Waals surface area contributed by atoms with Crippen LogP contribution in [0.3, 0.4) is 0 Å². The highest BCUT2D eigenvalue weighted by Gasteiger charge is 2.42. The van der Waals surface area contributed by atoms with Gasteiger partial charge in [-0.05, 0) is 46.0 Å². The van der Waals surface area contributed by atoms with Crippen molar-refractivity contribution in [2.75, 3.05) is 0 Å². The van der Waals surface area contributed by atoms with E-state index in [2.05, 4.69) is 5.32 Å². The monoisotopic (exact) mass is 239 g/mol. The second-order valence-electron chi connectivity index (χ2n) is 5.02. The van der Waals surface area contributed by atoms with Gasteiger partial charge >= 0.3 is 11.9 Å². The zero-order valence-electron chi connectivity index (χ0n) is 10.4. The molecular weight excluding hydrogens is 222 g/mol. The summed E-state index contributed by atoms with van der Waals surface area (Å²) in [5.41, 5.74) is -2.02. The van der Waals surface area contributed by atoms with Gasteiger partial charge in [0.05, 0.1) is 5.57 Å². The van der Waals surface area contributed by atoms with Gasteiger partial charge in [-0.1, -0.05) is 0 Å². The normalized spacial score (nSPS) is 23.6. The van der Waals surface area contributed by atoms with Crippen molar-refractivity contribution < 1.29 is 19.4 Å². The largest absolute Gasteiger partial charge is 0.479 e. The van der Waals surface area contributed by atoms with Gasteiger partial charge in [0, 0.05) is 0 Å². The number of ether oxygens (including phenoxy) is 1. The standard InChI is InChI=1S/C12H17NO4/c1-11(2,3)17-9(14)8-6-5-7-13-12(8,4)10(15)16/h5-7,13H,1-4H3,(H,15,16). The summed E-state index contributed by atoms with van der Waals surface area (Å²) in [5.74, 6) is -1.75. The molecule has 1 atom stereocenters. The molecule has 0 bridgehead atoms. The Bertz CT molecular complexity index is 403. The molecule has 94 valence electrons. The van der Waals surface area contributed by atoms with E-state index >= 15 is 0 Å². The molecule has 0 saturated carbocycles. The van der Waals surface area contributed by atoms with Gasteiger partial charge in [-0.3, -0.25) is 0 Å². The van der Waals surface area contributed by atoms with Gasteiger partial charge in [0.25, 0.3) is 0 Å². The lowest BCUT2D eigenvalue weighted by Gasteiger charge is -2.31. The van der Waals surface area contributed by atoms with Gasteiger partial charge < -0.3 is 15.2 Å². The molecule has 0 amide bonds. The number of dihydropyridines is 1. The zero-order valence-corrected chi connectivity index (χ0v) is 10.4. The van der Waals surface area contributed by atoms with E-state index in [0.29, 0.717) is 0 Å². The SMILES string of the molecule is CC(C)(C)OC(=O)C1=CC=CNC1(C)C(=O)O. The van der Waals surface area contributed by atoms with Crippen LogP contribution in [-0.2, 0) is 14.3 Å². The van der Waals surface area contributed by atoms with Gasteiger partial charge in [-0.2, -0.15) is 0 Å². The van der Waals surface area contributed by atoms with Crippen LogP contribution in [0.25, 0.3) is 0 Å². The number of carboxylic acid groups (broad SMARTS) is 1. The number of carbonyl (C=O) groups is 2. The Morgan fingerprint density at radius 2 is 2.00 bits per heavy atom. The van der Waals surface area contributed by atoms with Crippen molar-refractivity contribution in [2.45, 2.75) is 38.8 Å². The predicted molar refractivity (Wildman–Crippen MR) is 62.2 cm³/mol. The highest BCUT2D eigenvalue weighted by molar-refractivity contribution is 6.01. The summed E-state index contributed by atoms with van der Waals surface area (Å²) in [4.78, 5) is 23.1. The molecule has 1 heterocycles. The van der Waals surface area contributed by atoms with Crippen molar-refractivity contribution in [3.8, 4) is 0 Å². The average molecular weight is 239 g/mol. The molecule has 2 N–H and O–H groups in total. The first kappa shape index (κ1) is 13.3. The summed E-state index contributed by atoms with van der Waals surface area (Å²) >= 11 is 0. The molecule has 5 heteroatoms. The fourth-order valence-electron chi connectivity index (χ4n) is 1.39. The van der Waals surface area contributed by atoms with E-state index in [-0.39, 0.29) is 5.57 Å². The third-order valence-corrected chi connectivity index (χ3v) is 2.32. The lowest BCUT2D eigenvalue weighted by molar-refractivity contribution is -0.154. The van der Waals surface area contributed by atoms with Gasteiger partial charge in [0.2, 0.25) is 0 Å². The number of hydrogen-bond donors (Lipinski definition) is 2. The first-order valence-electron chi connectivity index (χ1n) is 5.28. The highest BCUT2D eigenvalue weighted by Crippen LogP contribution is 2.23. The van der Waals surface area contributed by atoms with E-state index in [9.17, 15) is 14.7 Å². The summed E-state index contributed by atoms with van der Waals surface area (Å²) in [5, 5.41) is 11.8. The molecule has 0 fully saturated rings. The second kappa shape index (κ2) is 4.24. The van der Waals surface area contributed by atoms with E-state index in [1.165, 1.54) is 19.2 Å². The van der Waals surface area contributed by atoms with Crippen LogP contribution in [0.1, 0.15) is 27.7 Å².